The van der Waals surface area contributed by atoms with Crippen LogP contribution in [0.1, 0.15) is 46.0 Å². The van der Waals surface area contributed by atoms with E-state index >= 15 is 0 Å². The molecule has 0 fully saturated rings. The second-order valence-electron chi connectivity index (χ2n) is 6.65. The van der Waals surface area contributed by atoms with Gasteiger partial charge in [-0.1, -0.05) is 32.9 Å². The van der Waals surface area contributed by atoms with Crippen LogP contribution in [0.2, 0.25) is 0 Å². The molecule has 2 aromatic rings. The molecule has 8 heteroatoms. The number of rotatable bonds is 7. The topological polar surface area (TPSA) is 111 Å². The van der Waals surface area contributed by atoms with Gasteiger partial charge in [0.05, 0.1) is 4.92 Å². The van der Waals surface area contributed by atoms with Crippen LogP contribution in [0.15, 0.2) is 28.8 Å². The molecule has 0 aliphatic rings. The number of nitro groups is 1. The van der Waals surface area contributed by atoms with Crippen molar-refractivity contribution in [1.82, 2.24) is 15.5 Å². The van der Waals surface area contributed by atoms with Gasteiger partial charge in [0.1, 0.15) is 6.04 Å². The third-order valence-corrected chi connectivity index (χ3v) is 3.62. The number of nitrogens with one attached hydrogen (secondary N) is 1. The van der Waals surface area contributed by atoms with Gasteiger partial charge >= 0.3 is 0 Å². The van der Waals surface area contributed by atoms with Crippen molar-refractivity contribution in [2.24, 2.45) is 11.8 Å². The molecular weight excluding hydrogens is 324 g/mol. The average Bonchev–Trinajstić information content (AvgIpc) is 3.01. The smallest absolute Gasteiger partial charge is 0.269 e. The molecule has 25 heavy (non-hydrogen) atoms. The molecule has 0 aliphatic carbocycles. The number of nitro benzene ring substituents is 1. The number of hydrogen-bond acceptors (Lipinski definition) is 6. The molecule has 134 valence electrons. The standard InChI is InChI=1S/C17H22N4O4/c1-10(2)9-14(22)18-15(11(3)4)17-19-16(20-25-17)12-5-7-13(8-6-12)21(23)24/h5-8,10-11,15H,9H2,1-4H3,(H,18,22). The first kappa shape index (κ1) is 18.6. The highest BCUT2D eigenvalue weighted by atomic mass is 16.6. The van der Waals surface area contributed by atoms with E-state index in [1.54, 1.807) is 12.1 Å². The van der Waals surface area contributed by atoms with Gasteiger partial charge in [0.15, 0.2) is 0 Å². The number of carbonyl (C=O) groups excluding carboxylic acids is 1. The SMILES string of the molecule is CC(C)CC(=O)NC(c1nc(-c2ccc([N+](=O)[O-])cc2)no1)C(C)C. The predicted molar refractivity (Wildman–Crippen MR) is 91.6 cm³/mol. The summed E-state index contributed by atoms with van der Waals surface area (Å²) in [7, 11) is 0. The summed E-state index contributed by atoms with van der Waals surface area (Å²) in [5.41, 5.74) is 0.602. The lowest BCUT2D eigenvalue weighted by Crippen LogP contribution is -2.32. The summed E-state index contributed by atoms with van der Waals surface area (Å²) in [4.78, 5) is 26.6. The highest BCUT2D eigenvalue weighted by molar-refractivity contribution is 5.76. The van der Waals surface area contributed by atoms with Gasteiger partial charge in [-0.2, -0.15) is 4.98 Å². The zero-order valence-corrected chi connectivity index (χ0v) is 14.7. The van der Waals surface area contributed by atoms with E-state index in [0.717, 1.165) is 0 Å². The van der Waals surface area contributed by atoms with Crippen molar-refractivity contribution in [2.45, 2.75) is 40.2 Å². The lowest BCUT2D eigenvalue weighted by Gasteiger charge is -2.19. The van der Waals surface area contributed by atoms with Crippen LogP contribution < -0.4 is 5.32 Å². The Hall–Kier alpha value is -2.77. The summed E-state index contributed by atoms with van der Waals surface area (Å²) in [6, 6.07) is 5.51. The first-order chi connectivity index (χ1) is 11.8. The molecule has 0 saturated carbocycles. The average molecular weight is 346 g/mol. The zero-order valence-electron chi connectivity index (χ0n) is 14.7. The first-order valence-electron chi connectivity index (χ1n) is 8.15. The number of nitrogens with zero attached hydrogens (tertiary/aromatic N) is 3. The minimum Gasteiger partial charge on any atom is -0.344 e. The molecule has 1 heterocycles. The third kappa shape index (κ3) is 4.85. The third-order valence-electron chi connectivity index (χ3n) is 3.62. The molecule has 1 aromatic carbocycles. The second kappa shape index (κ2) is 7.87. The maximum absolute atomic E-state index is 12.1. The van der Waals surface area contributed by atoms with E-state index in [-0.39, 0.29) is 29.5 Å². The number of amides is 1. The van der Waals surface area contributed by atoms with Gasteiger partial charge in [0.2, 0.25) is 17.6 Å². The second-order valence-corrected chi connectivity index (χ2v) is 6.65. The fraction of sp³-hybridized carbons (Fsp3) is 0.471. The van der Waals surface area contributed by atoms with Gasteiger partial charge in [0.25, 0.3) is 5.69 Å². The Kier molecular flexibility index (Phi) is 5.84. The largest absolute Gasteiger partial charge is 0.344 e. The Morgan fingerprint density at radius 2 is 1.88 bits per heavy atom. The summed E-state index contributed by atoms with van der Waals surface area (Å²) in [5.74, 6) is 0.908. The molecule has 8 nitrogen and oxygen atoms in total. The molecule has 1 aromatic heterocycles. The Labute approximate surface area is 145 Å². The molecule has 0 radical (unpaired) electrons. The molecular formula is C17H22N4O4. The molecule has 0 bridgehead atoms. The van der Waals surface area contributed by atoms with Crippen molar-refractivity contribution in [2.75, 3.05) is 0 Å². The van der Waals surface area contributed by atoms with E-state index in [9.17, 15) is 14.9 Å². The normalized spacial score (nSPS) is 12.4. The van der Waals surface area contributed by atoms with Crippen LogP contribution in [-0.4, -0.2) is 21.0 Å². The Bertz CT molecular complexity index is 737. The molecule has 0 aliphatic heterocycles. The van der Waals surface area contributed by atoms with Gasteiger partial charge in [-0.25, -0.2) is 0 Å². The van der Waals surface area contributed by atoms with Gasteiger partial charge in [-0.15, -0.1) is 0 Å². The fourth-order valence-corrected chi connectivity index (χ4v) is 2.33. The summed E-state index contributed by atoms with van der Waals surface area (Å²) in [6.45, 7) is 7.86. The minimum absolute atomic E-state index is 0.00604. The van der Waals surface area contributed by atoms with Crippen molar-refractivity contribution >= 4 is 11.6 Å². The van der Waals surface area contributed by atoms with Gasteiger partial charge in [0, 0.05) is 24.1 Å². The van der Waals surface area contributed by atoms with E-state index in [4.69, 9.17) is 4.52 Å². The number of aromatic nitrogens is 2. The summed E-state index contributed by atoms with van der Waals surface area (Å²) in [5, 5.41) is 17.6. The molecule has 1 amide bonds. The fourth-order valence-electron chi connectivity index (χ4n) is 2.33. The molecule has 1 unspecified atom stereocenters. The van der Waals surface area contributed by atoms with E-state index < -0.39 is 4.92 Å². The van der Waals surface area contributed by atoms with Gasteiger partial charge in [-0.3, -0.25) is 14.9 Å². The Morgan fingerprint density at radius 1 is 1.24 bits per heavy atom. The molecule has 1 atom stereocenters. The van der Waals surface area contributed by atoms with Crippen LogP contribution >= 0.6 is 0 Å². The van der Waals surface area contributed by atoms with Crippen molar-refractivity contribution < 1.29 is 14.2 Å². The van der Waals surface area contributed by atoms with Gasteiger partial charge < -0.3 is 9.84 Å². The summed E-state index contributed by atoms with van der Waals surface area (Å²) >= 11 is 0. The van der Waals surface area contributed by atoms with E-state index in [1.165, 1.54) is 12.1 Å². The van der Waals surface area contributed by atoms with E-state index in [0.29, 0.717) is 23.7 Å². The highest BCUT2D eigenvalue weighted by Crippen LogP contribution is 2.25. The van der Waals surface area contributed by atoms with Gasteiger partial charge in [-0.05, 0) is 24.0 Å². The lowest BCUT2D eigenvalue weighted by atomic mass is 10.0. The van der Waals surface area contributed by atoms with Crippen LogP contribution in [0.3, 0.4) is 0 Å². The van der Waals surface area contributed by atoms with Crippen LogP contribution in [0.4, 0.5) is 5.69 Å². The van der Waals surface area contributed by atoms with E-state index in [2.05, 4.69) is 15.5 Å². The van der Waals surface area contributed by atoms with Crippen molar-refractivity contribution in [3.63, 3.8) is 0 Å². The van der Waals surface area contributed by atoms with E-state index in [1.807, 2.05) is 27.7 Å². The monoisotopic (exact) mass is 346 g/mol. The van der Waals surface area contributed by atoms with Crippen molar-refractivity contribution in [3.05, 3.63) is 40.3 Å². The summed E-state index contributed by atoms with van der Waals surface area (Å²) in [6.07, 6.45) is 0.423. The van der Waals surface area contributed by atoms with Crippen molar-refractivity contribution in [3.8, 4) is 11.4 Å². The minimum atomic E-state index is -0.468. The quantitative estimate of drug-likeness (QED) is 0.606. The first-order valence-corrected chi connectivity index (χ1v) is 8.15. The molecule has 1 N–H and O–H groups in total. The number of benzene rings is 1. The summed E-state index contributed by atoms with van der Waals surface area (Å²) < 4.78 is 5.32. The van der Waals surface area contributed by atoms with Crippen LogP contribution in [0.5, 0.6) is 0 Å². The molecule has 2 rings (SSSR count). The Morgan fingerprint density at radius 3 is 2.40 bits per heavy atom. The van der Waals surface area contributed by atoms with Crippen LogP contribution in [-0.2, 0) is 4.79 Å². The zero-order chi connectivity index (χ0) is 18.6. The maximum Gasteiger partial charge on any atom is 0.269 e. The number of non-ortho nitro benzene ring substituents is 1. The maximum atomic E-state index is 12.1. The van der Waals surface area contributed by atoms with Crippen LogP contribution in [0.25, 0.3) is 11.4 Å². The number of hydrogen-bond donors (Lipinski definition) is 1. The van der Waals surface area contributed by atoms with Crippen molar-refractivity contribution in [1.29, 1.82) is 0 Å². The Balaban J connectivity index is 2.19. The van der Waals surface area contributed by atoms with Crippen LogP contribution in [0, 0.1) is 22.0 Å². The predicted octanol–water partition coefficient (Wildman–Crippen LogP) is 3.50. The lowest BCUT2D eigenvalue weighted by molar-refractivity contribution is -0.384. The highest BCUT2D eigenvalue weighted by Gasteiger charge is 2.25. The molecule has 0 spiro atoms. The number of carbonyl (C=O) groups is 1. The molecule has 0 saturated heterocycles.